The summed E-state index contributed by atoms with van der Waals surface area (Å²) in [5.41, 5.74) is -0.803. The predicted molar refractivity (Wildman–Crippen MR) is 134 cm³/mol. The standard InChI is InChI=1S/C25H22Cl2F3N3O6/c1-12(31-24(35)25(10-37-11-25)32-23(34)19-8-21(36-2)33-39-19)15-4-3-13(5-18(15)28)16-6-14(26)7-17(27)22(16)38-9-20(29)30/h3-8,12,20H,9-11H2,1-2H3,(H,31,35)(H,32,34). The fourth-order valence-electron chi connectivity index (χ4n) is 3.83. The van der Waals surface area contributed by atoms with E-state index in [2.05, 4.69) is 15.8 Å². The van der Waals surface area contributed by atoms with E-state index in [1.54, 1.807) is 6.92 Å². The molecule has 2 N–H and O–H groups in total. The third kappa shape index (κ3) is 6.23. The SMILES string of the molecule is COc1cc(C(=O)NC2(C(=O)NC(C)c3ccc(-c4cc(Cl)cc(Cl)c4OCC(F)F)cc3F)COC2)on1. The lowest BCUT2D eigenvalue weighted by Crippen LogP contribution is -2.70. The molecule has 2 amide bonds. The van der Waals surface area contributed by atoms with E-state index in [1.807, 2.05) is 0 Å². The first-order valence-corrected chi connectivity index (χ1v) is 12.2. The van der Waals surface area contributed by atoms with Gasteiger partial charge in [0.1, 0.15) is 18.2 Å². The number of hydrogen-bond donors (Lipinski definition) is 2. The highest BCUT2D eigenvalue weighted by atomic mass is 35.5. The topological polar surface area (TPSA) is 112 Å². The summed E-state index contributed by atoms with van der Waals surface area (Å²) in [6.45, 7) is 0.422. The number of nitrogens with one attached hydrogen (secondary N) is 2. The third-order valence-electron chi connectivity index (χ3n) is 5.89. The van der Waals surface area contributed by atoms with E-state index in [1.165, 1.54) is 37.4 Å². The van der Waals surface area contributed by atoms with E-state index < -0.39 is 42.2 Å². The van der Waals surface area contributed by atoms with Crippen LogP contribution in [-0.2, 0) is 9.53 Å². The minimum Gasteiger partial charge on any atom is -0.485 e. The molecule has 14 heteroatoms. The molecule has 3 aromatic rings. The molecule has 39 heavy (non-hydrogen) atoms. The summed E-state index contributed by atoms with van der Waals surface area (Å²) in [6.07, 6.45) is -2.75. The fourth-order valence-corrected chi connectivity index (χ4v) is 4.38. The van der Waals surface area contributed by atoms with Gasteiger partial charge in [0.25, 0.3) is 24.1 Å². The van der Waals surface area contributed by atoms with Crippen molar-refractivity contribution in [2.75, 3.05) is 26.9 Å². The lowest BCUT2D eigenvalue weighted by molar-refractivity contribution is -0.147. The minimum absolute atomic E-state index is 0.0119. The van der Waals surface area contributed by atoms with Gasteiger partial charge in [-0.05, 0) is 35.8 Å². The lowest BCUT2D eigenvalue weighted by Gasteiger charge is -2.40. The smallest absolute Gasteiger partial charge is 0.291 e. The van der Waals surface area contributed by atoms with Crippen LogP contribution in [0.3, 0.4) is 0 Å². The summed E-state index contributed by atoms with van der Waals surface area (Å²) < 4.78 is 60.8. The molecule has 0 saturated carbocycles. The molecule has 1 fully saturated rings. The molecule has 9 nitrogen and oxygen atoms in total. The Kier molecular flexibility index (Phi) is 8.57. The number of nitrogens with zero attached hydrogens (tertiary/aromatic N) is 1. The molecular weight excluding hydrogens is 566 g/mol. The number of alkyl halides is 2. The minimum atomic E-state index is -2.75. The number of methoxy groups -OCH3 is 1. The second-order valence-electron chi connectivity index (χ2n) is 8.66. The highest BCUT2D eigenvalue weighted by Crippen LogP contribution is 2.40. The Balaban J connectivity index is 1.51. The number of aromatic nitrogens is 1. The van der Waals surface area contributed by atoms with Gasteiger partial charge >= 0.3 is 0 Å². The van der Waals surface area contributed by atoms with Crippen molar-refractivity contribution in [2.24, 2.45) is 0 Å². The van der Waals surface area contributed by atoms with Gasteiger partial charge in [-0.1, -0.05) is 35.3 Å². The first-order chi connectivity index (χ1) is 18.5. The zero-order valence-corrected chi connectivity index (χ0v) is 22.0. The van der Waals surface area contributed by atoms with Gasteiger partial charge < -0.3 is 29.4 Å². The summed E-state index contributed by atoms with van der Waals surface area (Å²) in [7, 11) is 1.35. The molecule has 1 saturated heterocycles. The van der Waals surface area contributed by atoms with Gasteiger partial charge in [-0.15, -0.1) is 0 Å². The summed E-state index contributed by atoms with van der Waals surface area (Å²) >= 11 is 12.2. The molecule has 0 aliphatic carbocycles. The maximum Gasteiger partial charge on any atom is 0.291 e. The fraction of sp³-hybridized carbons (Fsp3) is 0.320. The highest BCUT2D eigenvalue weighted by molar-refractivity contribution is 6.36. The van der Waals surface area contributed by atoms with Gasteiger partial charge in [-0.3, -0.25) is 9.59 Å². The average molecular weight is 588 g/mol. The molecule has 2 heterocycles. The van der Waals surface area contributed by atoms with E-state index in [9.17, 15) is 18.4 Å². The van der Waals surface area contributed by atoms with Gasteiger partial charge in [-0.25, -0.2) is 13.2 Å². The summed E-state index contributed by atoms with van der Waals surface area (Å²) in [5.74, 6) is -2.16. The second-order valence-corrected chi connectivity index (χ2v) is 9.50. The number of carbonyl (C=O) groups is 2. The number of rotatable bonds is 10. The van der Waals surface area contributed by atoms with Crippen LogP contribution in [0.1, 0.15) is 29.1 Å². The van der Waals surface area contributed by atoms with Gasteiger partial charge in [0, 0.05) is 16.1 Å². The molecule has 0 radical (unpaired) electrons. The normalized spacial score (nSPS) is 14.9. The molecule has 1 aliphatic heterocycles. The number of amides is 2. The zero-order chi connectivity index (χ0) is 28.3. The first-order valence-electron chi connectivity index (χ1n) is 11.4. The van der Waals surface area contributed by atoms with Crippen molar-refractivity contribution in [3.63, 3.8) is 0 Å². The van der Waals surface area contributed by atoms with Crippen molar-refractivity contribution in [1.29, 1.82) is 0 Å². The van der Waals surface area contributed by atoms with Crippen LogP contribution in [0.25, 0.3) is 11.1 Å². The van der Waals surface area contributed by atoms with E-state index in [-0.39, 0.29) is 57.3 Å². The molecule has 1 atom stereocenters. The van der Waals surface area contributed by atoms with Crippen LogP contribution in [0.2, 0.25) is 10.0 Å². The van der Waals surface area contributed by atoms with E-state index in [0.29, 0.717) is 0 Å². The average Bonchev–Trinajstić information content (AvgIpc) is 3.34. The van der Waals surface area contributed by atoms with Crippen molar-refractivity contribution < 1.29 is 41.5 Å². The van der Waals surface area contributed by atoms with Gasteiger partial charge in [0.05, 0.1) is 37.5 Å². The van der Waals surface area contributed by atoms with E-state index >= 15 is 4.39 Å². The lowest BCUT2D eigenvalue weighted by atomic mass is 9.94. The Morgan fingerprint density at radius 1 is 1.18 bits per heavy atom. The van der Waals surface area contributed by atoms with Crippen LogP contribution >= 0.6 is 23.2 Å². The molecule has 2 aromatic carbocycles. The Bertz CT molecular complexity index is 1380. The Morgan fingerprint density at radius 3 is 2.51 bits per heavy atom. The quantitative estimate of drug-likeness (QED) is 0.350. The van der Waals surface area contributed by atoms with Crippen LogP contribution in [0.4, 0.5) is 13.2 Å². The maximum atomic E-state index is 15.2. The summed E-state index contributed by atoms with van der Waals surface area (Å²) in [5, 5.41) is 8.98. The van der Waals surface area contributed by atoms with Crippen LogP contribution in [-0.4, -0.2) is 55.9 Å². The summed E-state index contributed by atoms with van der Waals surface area (Å²) in [6, 6.07) is 7.26. The number of benzene rings is 2. The Hall–Kier alpha value is -3.48. The van der Waals surface area contributed by atoms with E-state index in [0.717, 1.165) is 6.07 Å². The van der Waals surface area contributed by atoms with Crippen molar-refractivity contribution >= 4 is 35.0 Å². The molecule has 1 unspecified atom stereocenters. The Morgan fingerprint density at radius 2 is 1.92 bits per heavy atom. The number of halogens is 5. The largest absolute Gasteiger partial charge is 0.485 e. The van der Waals surface area contributed by atoms with Crippen LogP contribution in [0, 0.1) is 5.82 Å². The molecule has 0 spiro atoms. The van der Waals surface area contributed by atoms with Crippen LogP contribution < -0.4 is 20.1 Å². The predicted octanol–water partition coefficient (Wildman–Crippen LogP) is 4.82. The Labute approximate surface area is 230 Å². The molecule has 4 rings (SSSR count). The summed E-state index contributed by atoms with van der Waals surface area (Å²) in [4.78, 5) is 25.7. The van der Waals surface area contributed by atoms with E-state index in [4.69, 9.17) is 41.9 Å². The highest BCUT2D eigenvalue weighted by Gasteiger charge is 2.48. The first kappa shape index (κ1) is 28.5. The van der Waals surface area contributed by atoms with Crippen LogP contribution in [0.15, 0.2) is 40.9 Å². The van der Waals surface area contributed by atoms with Gasteiger partial charge in [0.2, 0.25) is 5.76 Å². The molecule has 1 aliphatic rings. The van der Waals surface area contributed by atoms with Crippen LogP contribution in [0.5, 0.6) is 11.6 Å². The maximum absolute atomic E-state index is 15.2. The molecule has 0 bridgehead atoms. The van der Waals surface area contributed by atoms with Gasteiger partial charge in [-0.2, -0.15) is 0 Å². The number of hydrogen-bond acceptors (Lipinski definition) is 7. The molecular formula is C25H22Cl2F3N3O6. The van der Waals surface area contributed by atoms with Crippen molar-refractivity contribution in [3.05, 3.63) is 63.6 Å². The van der Waals surface area contributed by atoms with Crippen molar-refractivity contribution in [3.8, 4) is 22.8 Å². The van der Waals surface area contributed by atoms with Gasteiger partial charge in [0.15, 0.2) is 5.54 Å². The van der Waals surface area contributed by atoms with Crippen molar-refractivity contribution in [1.82, 2.24) is 15.8 Å². The van der Waals surface area contributed by atoms with Crippen molar-refractivity contribution in [2.45, 2.75) is 24.9 Å². The number of ether oxygens (including phenoxy) is 3. The zero-order valence-electron chi connectivity index (χ0n) is 20.5. The third-order valence-corrected chi connectivity index (χ3v) is 6.39. The monoisotopic (exact) mass is 587 g/mol. The molecule has 1 aromatic heterocycles. The second kappa shape index (κ2) is 11.7. The number of carbonyl (C=O) groups excluding carboxylic acids is 2. The molecule has 208 valence electrons.